The average Bonchev–Trinajstić information content (AvgIpc) is 1.78. The lowest BCUT2D eigenvalue weighted by Gasteiger charge is -2.35. The van der Waals surface area contributed by atoms with Crippen LogP contribution in [0.4, 0.5) is 0 Å². The summed E-state index contributed by atoms with van der Waals surface area (Å²) in [5, 5.41) is 37.8. The molecule has 28 heteroatoms. The Morgan fingerprint density at radius 2 is 1.29 bits per heavy atom. The van der Waals surface area contributed by atoms with E-state index in [9.17, 15) is 63.0 Å². The van der Waals surface area contributed by atoms with E-state index in [1.807, 2.05) is 27.7 Å². The Bertz CT molecular complexity index is 2680. The predicted molar refractivity (Wildman–Crippen MR) is 346 cm³/mol. The highest BCUT2D eigenvalue weighted by Gasteiger charge is 2.46. The number of primary amides is 1. The summed E-state index contributed by atoms with van der Waals surface area (Å²) in [4.78, 5) is 161. The average molecular weight is 1320 g/mol. The molecule has 11 atom stereocenters. The molecule has 2 aliphatic rings. The van der Waals surface area contributed by atoms with Gasteiger partial charge in [0.2, 0.25) is 59.1 Å². The minimum atomic E-state index is -1.82. The van der Waals surface area contributed by atoms with Crippen molar-refractivity contribution in [1.82, 2.24) is 46.6 Å². The number of likely N-dealkylation sites (tertiary alicyclic amines) is 2. The van der Waals surface area contributed by atoms with E-state index in [0.29, 0.717) is 42.8 Å². The summed E-state index contributed by atoms with van der Waals surface area (Å²) in [6.45, 7) is 16.8. The van der Waals surface area contributed by atoms with E-state index in [2.05, 4.69) is 43.8 Å². The van der Waals surface area contributed by atoms with Crippen LogP contribution in [0.2, 0.25) is 10.0 Å². The third-order valence-corrected chi connectivity index (χ3v) is 17.0. The monoisotopic (exact) mass is 1320 g/mol. The number of aliphatic imine (C=N–C) groups is 1. The van der Waals surface area contributed by atoms with E-state index in [1.165, 1.54) is 13.1 Å². The van der Waals surface area contributed by atoms with E-state index in [-0.39, 0.29) is 99.2 Å². The number of likely N-dealkylation sites (N-methyl/N-ethyl adjacent to an activating group) is 1. The summed E-state index contributed by atoms with van der Waals surface area (Å²) in [6, 6.07) is -6.27. The zero-order valence-corrected chi connectivity index (χ0v) is 56.3. The lowest BCUT2D eigenvalue weighted by atomic mass is 9.95. The van der Waals surface area contributed by atoms with E-state index in [0.717, 1.165) is 41.9 Å². The number of guanidine groups is 1. The number of piperidine rings is 1. The Balaban J connectivity index is 1.93. The number of benzene rings is 1. The number of carbonyl (C=O) groups is 11. The van der Waals surface area contributed by atoms with E-state index in [4.69, 9.17) is 40.4 Å². The van der Waals surface area contributed by atoms with Gasteiger partial charge in [-0.1, -0.05) is 124 Å². The number of rotatable bonds is 38. The van der Waals surface area contributed by atoms with Crippen molar-refractivity contribution in [2.24, 2.45) is 51.8 Å². The summed E-state index contributed by atoms with van der Waals surface area (Å²) in [5.41, 5.74) is 17.0. The quantitative estimate of drug-likeness (QED) is 0.0258. The van der Waals surface area contributed by atoms with Crippen LogP contribution in [0.15, 0.2) is 23.2 Å². The number of amides is 10. The molecule has 2 saturated heterocycles. The number of carboxylic acid groups (broad SMARTS) is 1. The number of hydrogen-bond donors (Lipinski definition) is 11. The van der Waals surface area contributed by atoms with Crippen LogP contribution in [0.1, 0.15) is 171 Å². The molecular weight excluding hydrogens is 1220 g/mol. The maximum atomic E-state index is 15.0. The standard InChI is InChI=1S/C63H103Cl2N13O13/c1-11-13-14-15-16-21-51(80)77-25-18-19-40(33-77)55(84)71-46(29-39-22-23-41(64)30-43(39)65)58(87)72-45(26-35(3)4)57(86)74-48(27-36(5)6)61(90)78-34-42(79)31-50(78)62(91)76(10)49(28-37(7)8)60(89)73-47(32-52(81)82)59(88)70-44(20-17-24-69-63(67)68)56(85)75-53(54(66)83)38(9)12-2/h22-23,30,35-38,40,42,44-50,53,79H,11-21,24-29,31-34H2,1-10H3,(H2,66,83)(H,70,88)(H,71,84)(H,72,87)(H,73,89)(H,74,86)(H,75,85)(H,81,82)(H4,67,68,69)/t38-,40-,42+,44-,45+,46-,47-,48-,49-,50-,53-/m0/s1. The number of carbonyl (C=O) groups excluding carboxylic acids is 10. The molecule has 0 radical (unpaired) electrons. The Labute approximate surface area is 546 Å². The number of aliphatic hydroxyl groups is 1. The molecule has 3 rings (SSSR count). The zero-order chi connectivity index (χ0) is 68.4. The maximum Gasteiger partial charge on any atom is 0.305 e. The van der Waals surface area contributed by atoms with Crippen molar-refractivity contribution in [2.75, 3.05) is 33.2 Å². The van der Waals surface area contributed by atoms with Gasteiger partial charge in [0, 0.05) is 62.5 Å². The van der Waals surface area contributed by atoms with E-state index in [1.54, 1.807) is 44.7 Å². The first-order chi connectivity index (χ1) is 42.8. The Morgan fingerprint density at radius 1 is 0.703 bits per heavy atom. The lowest BCUT2D eigenvalue weighted by Crippen LogP contribution is -2.61. The molecule has 2 aliphatic heterocycles. The van der Waals surface area contributed by atoms with Crippen LogP contribution >= 0.6 is 23.2 Å². The van der Waals surface area contributed by atoms with Gasteiger partial charge in [-0.05, 0) is 92.7 Å². The van der Waals surface area contributed by atoms with Gasteiger partial charge in [-0.3, -0.25) is 57.7 Å². The fourth-order valence-electron chi connectivity index (χ4n) is 11.2. The summed E-state index contributed by atoms with van der Waals surface area (Å²) >= 11 is 12.9. The van der Waals surface area contributed by atoms with Gasteiger partial charge in [0.15, 0.2) is 5.96 Å². The third-order valence-electron chi connectivity index (χ3n) is 16.4. The molecular formula is C63H103Cl2N13O13. The number of hydrogen-bond acceptors (Lipinski definition) is 13. The molecule has 0 unspecified atom stereocenters. The Hall–Kier alpha value is -6.80. The number of halogens is 2. The molecule has 0 spiro atoms. The minimum absolute atomic E-state index is 0.0282. The minimum Gasteiger partial charge on any atom is -0.481 e. The molecule has 26 nitrogen and oxygen atoms in total. The fourth-order valence-corrected chi connectivity index (χ4v) is 11.7. The normalized spacial score (nSPS) is 18.4. The molecule has 14 N–H and O–H groups in total. The second kappa shape index (κ2) is 38.9. The van der Waals surface area contributed by atoms with Crippen molar-refractivity contribution in [1.29, 1.82) is 0 Å². The second-order valence-corrected chi connectivity index (χ2v) is 26.5. The van der Waals surface area contributed by atoms with Gasteiger partial charge >= 0.3 is 5.97 Å². The predicted octanol–water partition coefficient (Wildman–Crippen LogP) is 3.03. The SMILES string of the molecule is CCCCCCCC(=O)N1CCC[C@H](C(=O)N[C@@H](Cc2ccc(Cl)cc2Cl)C(=O)N[C@H](CC(C)C)C(=O)N[C@@H](CC(C)C)C(=O)N2C[C@H](O)C[C@H]2C(=O)N(C)[C@@H](CC(C)C)C(=O)N[C@@H](CC(=O)O)C(=O)N[C@@H](CCCN=C(N)N)C(=O)N[C@H](C(N)=O)[C@@H](C)CC)C1. The van der Waals surface area contributed by atoms with Crippen LogP contribution in [0.25, 0.3) is 0 Å². The number of nitrogens with two attached hydrogens (primary N) is 3. The van der Waals surface area contributed by atoms with E-state index < -0.39 is 132 Å². The van der Waals surface area contributed by atoms with Crippen LogP contribution in [0.3, 0.4) is 0 Å². The van der Waals surface area contributed by atoms with Crippen molar-refractivity contribution in [3.8, 4) is 0 Å². The van der Waals surface area contributed by atoms with Crippen molar-refractivity contribution in [2.45, 2.75) is 226 Å². The first-order valence-electron chi connectivity index (χ1n) is 32.1. The summed E-state index contributed by atoms with van der Waals surface area (Å²) in [5.74, 6) is -10.7. The number of nitrogens with zero attached hydrogens (tertiary/aromatic N) is 4. The number of β-amino-alcohol motifs (C(OH)–C–C–N with tert-alkyl or cyclic N) is 1. The van der Waals surface area contributed by atoms with Crippen molar-refractivity contribution >= 4 is 94.2 Å². The lowest BCUT2D eigenvalue weighted by molar-refractivity contribution is -0.149. The van der Waals surface area contributed by atoms with Crippen LogP contribution in [0.5, 0.6) is 0 Å². The highest BCUT2D eigenvalue weighted by Crippen LogP contribution is 2.27. The largest absolute Gasteiger partial charge is 0.481 e. The number of aliphatic hydroxyl groups excluding tert-OH is 1. The number of carboxylic acids is 1. The number of aliphatic carboxylic acids is 1. The zero-order valence-electron chi connectivity index (χ0n) is 54.8. The van der Waals surface area contributed by atoms with Gasteiger partial charge in [-0.25, -0.2) is 0 Å². The summed E-state index contributed by atoms with van der Waals surface area (Å²) in [7, 11) is 1.29. The van der Waals surface area contributed by atoms with Gasteiger partial charge in [-0.2, -0.15) is 0 Å². The molecule has 1 aromatic rings. The van der Waals surface area contributed by atoms with Crippen molar-refractivity contribution in [3.05, 3.63) is 33.8 Å². The molecule has 0 aliphatic carbocycles. The van der Waals surface area contributed by atoms with Crippen LogP contribution < -0.4 is 49.1 Å². The Kier molecular flexibility index (Phi) is 33.5. The topological polar surface area (TPSA) is 401 Å². The van der Waals surface area contributed by atoms with E-state index >= 15 is 0 Å². The highest BCUT2D eigenvalue weighted by atomic mass is 35.5. The fraction of sp³-hybridized carbons (Fsp3) is 0.714. The molecule has 1 aromatic carbocycles. The second-order valence-electron chi connectivity index (χ2n) is 25.7. The van der Waals surface area contributed by atoms with Crippen molar-refractivity contribution < 1.29 is 63.0 Å². The molecule has 2 fully saturated rings. The van der Waals surface area contributed by atoms with Gasteiger partial charge in [0.1, 0.15) is 48.3 Å². The summed E-state index contributed by atoms with van der Waals surface area (Å²) < 4.78 is 0. The van der Waals surface area contributed by atoms with Gasteiger partial charge < -0.3 is 74.0 Å². The first-order valence-corrected chi connectivity index (χ1v) is 32.9. The third kappa shape index (κ3) is 26.4. The van der Waals surface area contributed by atoms with Crippen LogP contribution in [0, 0.1) is 29.6 Å². The van der Waals surface area contributed by atoms with Crippen molar-refractivity contribution in [3.63, 3.8) is 0 Å². The maximum absolute atomic E-state index is 15.0. The van der Waals surface area contributed by atoms with Gasteiger partial charge in [0.25, 0.3) is 0 Å². The first kappa shape index (κ1) is 78.4. The summed E-state index contributed by atoms with van der Waals surface area (Å²) in [6.07, 6.45) is 4.33. The van der Waals surface area contributed by atoms with Gasteiger partial charge in [0.05, 0.1) is 18.4 Å². The Morgan fingerprint density at radius 3 is 1.88 bits per heavy atom. The number of unbranched alkanes of at least 4 members (excludes halogenated alkanes) is 4. The van der Waals surface area contributed by atoms with Crippen LogP contribution in [-0.4, -0.2) is 184 Å². The number of nitrogens with one attached hydrogen (secondary N) is 6. The highest BCUT2D eigenvalue weighted by molar-refractivity contribution is 6.35. The van der Waals surface area contributed by atoms with Gasteiger partial charge in [-0.15, -0.1) is 0 Å². The molecule has 2 heterocycles. The molecule has 0 aromatic heterocycles. The molecule has 0 bridgehead atoms. The molecule has 10 amide bonds. The van der Waals surface area contributed by atoms with Crippen LogP contribution in [-0.2, 0) is 59.2 Å². The smallest absolute Gasteiger partial charge is 0.305 e. The molecule has 91 heavy (non-hydrogen) atoms. The molecule has 512 valence electrons. The molecule has 0 saturated carbocycles.